The molecule has 0 heterocycles. The minimum absolute atomic E-state index is 0.140. The summed E-state index contributed by atoms with van der Waals surface area (Å²) in [5.74, 6) is 2.12. The third kappa shape index (κ3) is 1.32. The van der Waals surface area contributed by atoms with Gasteiger partial charge >= 0.3 is 5.97 Å². The highest BCUT2D eigenvalue weighted by atomic mass is 16.5. The molecule has 0 spiro atoms. The Morgan fingerprint density at radius 2 is 2.00 bits per heavy atom. The van der Waals surface area contributed by atoms with Crippen molar-refractivity contribution in [1.82, 2.24) is 0 Å². The van der Waals surface area contributed by atoms with E-state index in [2.05, 4.69) is 27.4 Å². The minimum atomic E-state index is -0.253. The zero-order valence-electron chi connectivity index (χ0n) is 11.7. The standard InChI is InChI=1S/C16H24O2/c1-5-14(17)18-10-8-11-12-6-7-16(4,13(11)9-10)15(12,2)3/h5,10-13H,1,6-9H2,2-4H3. The normalized spacial score (nSPS) is 47.9. The summed E-state index contributed by atoms with van der Waals surface area (Å²) in [6.45, 7) is 10.9. The van der Waals surface area contributed by atoms with Crippen molar-refractivity contribution >= 4 is 5.97 Å². The van der Waals surface area contributed by atoms with Gasteiger partial charge in [0.15, 0.2) is 0 Å². The van der Waals surface area contributed by atoms with Gasteiger partial charge in [-0.3, -0.25) is 0 Å². The molecule has 0 aliphatic heterocycles. The maximum Gasteiger partial charge on any atom is 0.330 e. The van der Waals surface area contributed by atoms with Crippen molar-refractivity contribution in [3.8, 4) is 0 Å². The predicted octanol–water partition coefficient (Wildman–Crippen LogP) is 3.57. The fourth-order valence-electron chi connectivity index (χ4n) is 5.48. The highest BCUT2D eigenvalue weighted by molar-refractivity contribution is 5.81. The molecule has 0 saturated heterocycles. The second-order valence-electron chi connectivity index (χ2n) is 7.29. The van der Waals surface area contributed by atoms with Crippen LogP contribution in [-0.2, 0) is 9.53 Å². The molecule has 2 bridgehead atoms. The molecular weight excluding hydrogens is 224 g/mol. The number of carbonyl (C=O) groups is 1. The van der Waals surface area contributed by atoms with Gasteiger partial charge in [-0.1, -0.05) is 27.4 Å². The van der Waals surface area contributed by atoms with Crippen molar-refractivity contribution in [1.29, 1.82) is 0 Å². The molecule has 5 atom stereocenters. The van der Waals surface area contributed by atoms with Crippen LogP contribution in [0.25, 0.3) is 0 Å². The number of ether oxygens (including phenoxy) is 1. The average Bonchev–Trinajstić information content (AvgIpc) is 2.85. The van der Waals surface area contributed by atoms with Crippen LogP contribution in [0.1, 0.15) is 46.5 Å². The van der Waals surface area contributed by atoms with Crippen molar-refractivity contribution in [2.75, 3.05) is 0 Å². The number of carbonyl (C=O) groups excluding carboxylic acids is 1. The molecule has 0 N–H and O–H groups in total. The van der Waals surface area contributed by atoms with Crippen LogP contribution in [0.2, 0.25) is 0 Å². The van der Waals surface area contributed by atoms with E-state index >= 15 is 0 Å². The minimum Gasteiger partial charge on any atom is -0.459 e. The summed E-state index contributed by atoms with van der Waals surface area (Å²) in [7, 11) is 0. The molecule has 2 nitrogen and oxygen atoms in total. The third-order valence-corrected chi connectivity index (χ3v) is 6.73. The van der Waals surface area contributed by atoms with Gasteiger partial charge in [0, 0.05) is 6.08 Å². The lowest BCUT2D eigenvalue weighted by molar-refractivity contribution is -0.143. The molecule has 3 fully saturated rings. The van der Waals surface area contributed by atoms with Gasteiger partial charge in [-0.25, -0.2) is 4.79 Å². The number of fused-ring (bicyclic) bond motifs is 5. The first kappa shape index (κ1) is 12.3. The van der Waals surface area contributed by atoms with Crippen LogP contribution in [0.4, 0.5) is 0 Å². The topological polar surface area (TPSA) is 26.3 Å². The molecule has 2 heteroatoms. The number of rotatable bonds is 2. The van der Waals surface area contributed by atoms with E-state index in [1.165, 1.54) is 18.9 Å². The van der Waals surface area contributed by atoms with Gasteiger partial charge in [0.1, 0.15) is 6.10 Å². The maximum atomic E-state index is 11.3. The van der Waals surface area contributed by atoms with Crippen molar-refractivity contribution in [2.24, 2.45) is 28.6 Å². The Hall–Kier alpha value is -0.790. The van der Waals surface area contributed by atoms with Gasteiger partial charge < -0.3 is 4.74 Å². The Balaban J connectivity index is 1.79. The lowest BCUT2D eigenvalue weighted by Gasteiger charge is -2.39. The Kier molecular flexibility index (Phi) is 2.46. The fourth-order valence-corrected chi connectivity index (χ4v) is 5.48. The monoisotopic (exact) mass is 248 g/mol. The molecule has 0 aromatic heterocycles. The summed E-state index contributed by atoms with van der Waals surface area (Å²) in [5.41, 5.74) is 0.924. The van der Waals surface area contributed by atoms with Crippen LogP contribution in [0.15, 0.2) is 12.7 Å². The average molecular weight is 248 g/mol. The zero-order chi connectivity index (χ0) is 13.1. The van der Waals surface area contributed by atoms with E-state index in [4.69, 9.17) is 4.74 Å². The van der Waals surface area contributed by atoms with Crippen LogP contribution in [-0.4, -0.2) is 12.1 Å². The van der Waals surface area contributed by atoms with Gasteiger partial charge in [-0.15, -0.1) is 0 Å². The molecule has 3 aliphatic carbocycles. The zero-order valence-corrected chi connectivity index (χ0v) is 11.7. The Bertz CT molecular complexity index is 398. The Labute approximate surface area is 110 Å². The first-order chi connectivity index (χ1) is 8.40. The molecule has 0 radical (unpaired) electrons. The number of hydrogen-bond acceptors (Lipinski definition) is 2. The molecular formula is C16H24O2. The van der Waals surface area contributed by atoms with E-state index in [0.717, 1.165) is 30.6 Å². The molecule has 0 aromatic carbocycles. The van der Waals surface area contributed by atoms with E-state index < -0.39 is 0 Å². The molecule has 3 rings (SSSR count). The van der Waals surface area contributed by atoms with E-state index in [0.29, 0.717) is 10.8 Å². The van der Waals surface area contributed by atoms with Crippen LogP contribution in [0, 0.1) is 28.6 Å². The molecule has 3 saturated carbocycles. The molecule has 100 valence electrons. The first-order valence-corrected chi connectivity index (χ1v) is 7.23. The van der Waals surface area contributed by atoms with Crippen LogP contribution >= 0.6 is 0 Å². The van der Waals surface area contributed by atoms with Gasteiger partial charge in [0.2, 0.25) is 0 Å². The Morgan fingerprint density at radius 1 is 1.28 bits per heavy atom. The predicted molar refractivity (Wildman–Crippen MR) is 70.9 cm³/mol. The summed E-state index contributed by atoms with van der Waals surface area (Å²) in [4.78, 5) is 11.3. The molecule has 5 unspecified atom stereocenters. The highest BCUT2D eigenvalue weighted by Gasteiger charge is 2.67. The number of hydrogen-bond donors (Lipinski definition) is 0. The van der Waals surface area contributed by atoms with E-state index in [9.17, 15) is 4.79 Å². The van der Waals surface area contributed by atoms with Crippen molar-refractivity contribution in [3.63, 3.8) is 0 Å². The Morgan fingerprint density at radius 3 is 2.61 bits per heavy atom. The SMILES string of the molecule is C=CC(=O)OC1CC2C3CCC(C)(C2C1)C3(C)C. The summed E-state index contributed by atoms with van der Waals surface area (Å²) in [5, 5.41) is 0. The summed E-state index contributed by atoms with van der Waals surface area (Å²) in [6, 6.07) is 0. The van der Waals surface area contributed by atoms with E-state index in [1.807, 2.05) is 0 Å². The summed E-state index contributed by atoms with van der Waals surface area (Å²) >= 11 is 0. The third-order valence-electron chi connectivity index (χ3n) is 6.73. The van der Waals surface area contributed by atoms with Crippen LogP contribution < -0.4 is 0 Å². The van der Waals surface area contributed by atoms with Gasteiger partial charge in [0.05, 0.1) is 0 Å². The molecule has 18 heavy (non-hydrogen) atoms. The second kappa shape index (κ2) is 3.61. The highest BCUT2D eigenvalue weighted by Crippen LogP contribution is 2.73. The molecule has 3 aliphatic rings. The first-order valence-electron chi connectivity index (χ1n) is 7.23. The summed E-state index contributed by atoms with van der Waals surface area (Å²) < 4.78 is 5.48. The lowest BCUT2D eigenvalue weighted by Crippen LogP contribution is -2.33. The maximum absolute atomic E-state index is 11.3. The second-order valence-corrected chi connectivity index (χ2v) is 7.29. The molecule has 0 amide bonds. The van der Waals surface area contributed by atoms with Crippen molar-refractivity contribution < 1.29 is 9.53 Å². The van der Waals surface area contributed by atoms with Gasteiger partial charge in [0.25, 0.3) is 0 Å². The van der Waals surface area contributed by atoms with E-state index in [-0.39, 0.29) is 12.1 Å². The molecule has 0 aromatic rings. The largest absolute Gasteiger partial charge is 0.459 e. The van der Waals surface area contributed by atoms with Gasteiger partial charge in [-0.2, -0.15) is 0 Å². The summed E-state index contributed by atoms with van der Waals surface area (Å²) in [6.07, 6.45) is 6.30. The smallest absolute Gasteiger partial charge is 0.330 e. The van der Waals surface area contributed by atoms with Gasteiger partial charge in [-0.05, 0) is 54.3 Å². The van der Waals surface area contributed by atoms with Crippen molar-refractivity contribution in [3.05, 3.63) is 12.7 Å². The van der Waals surface area contributed by atoms with E-state index in [1.54, 1.807) is 0 Å². The van der Waals surface area contributed by atoms with Crippen LogP contribution in [0.5, 0.6) is 0 Å². The lowest BCUT2D eigenvalue weighted by atomic mass is 9.66. The quantitative estimate of drug-likeness (QED) is 0.551. The van der Waals surface area contributed by atoms with Crippen molar-refractivity contribution in [2.45, 2.75) is 52.6 Å². The van der Waals surface area contributed by atoms with Crippen LogP contribution in [0.3, 0.4) is 0 Å². The fraction of sp³-hybridized carbons (Fsp3) is 0.812. The number of esters is 1.